The van der Waals surface area contributed by atoms with Gasteiger partial charge in [-0.25, -0.2) is 14.6 Å². The maximum Gasteiger partial charge on any atom is 0.457 e. The number of aryl methyl sites for hydroxylation is 2. The summed E-state index contributed by atoms with van der Waals surface area (Å²) >= 11 is 0. The Hall–Kier alpha value is -3.58. The minimum absolute atomic E-state index is 0.120. The Morgan fingerprint density at radius 3 is 2.35 bits per heavy atom. The molecule has 2 aliphatic heterocycles. The number of hydrogen-bond acceptors (Lipinski definition) is 9. The van der Waals surface area contributed by atoms with Gasteiger partial charge >= 0.3 is 19.2 Å². The zero-order valence-corrected chi connectivity index (χ0v) is 32.1. The van der Waals surface area contributed by atoms with Gasteiger partial charge in [-0.15, -0.1) is 0 Å². The first-order valence-corrected chi connectivity index (χ1v) is 18.3. The topological polar surface area (TPSA) is 141 Å². The number of likely N-dealkylation sites (tertiary alicyclic amines) is 1. The molecule has 0 spiro atoms. The molecule has 5 aliphatic rings. The molecule has 5 fully saturated rings. The summed E-state index contributed by atoms with van der Waals surface area (Å²) in [5.74, 6) is 1.41. The molecule has 51 heavy (non-hydrogen) atoms. The third-order valence-corrected chi connectivity index (χ3v) is 11.2. The van der Waals surface area contributed by atoms with Crippen LogP contribution in [0.5, 0.6) is 5.75 Å². The van der Waals surface area contributed by atoms with Crippen LogP contribution >= 0.6 is 0 Å². The van der Waals surface area contributed by atoms with Gasteiger partial charge in [0.25, 0.3) is 5.91 Å². The first kappa shape index (κ1) is 37.2. The first-order valence-electron chi connectivity index (χ1n) is 18.3. The van der Waals surface area contributed by atoms with Crippen molar-refractivity contribution in [3.05, 3.63) is 46.5 Å². The number of nitrogens with zero attached hydrogens (tertiary/aromatic N) is 2. The van der Waals surface area contributed by atoms with E-state index in [0.717, 1.165) is 17.5 Å². The summed E-state index contributed by atoms with van der Waals surface area (Å²) in [6, 6.07) is 2.80. The third kappa shape index (κ3) is 7.51. The van der Waals surface area contributed by atoms with Crippen LogP contribution in [-0.2, 0) is 30.0 Å². The minimum atomic E-state index is -1.02. The van der Waals surface area contributed by atoms with Crippen molar-refractivity contribution in [2.75, 3.05) is 13.1 Å². The van der Waals surface area contributed by atoms with Gasteiger partial charge < -0.3 is 38.7 Å². The van der Waals surface area contributed by atoms with Gasteiger partial charge in [0.05, 0.1) is 36.7 Å². The molecular formula is C38H55BN4O8. The number of nitrogens with one attached hydrogen (secondary N) is 2. The number of ether oxygens (including phenoxy) is 3. The van der Waals surface area contributed by atoms with Crippen LogP contribution in [0.15, 0.2) is 18.3 Å². The van der Waals surface area contributed by atoms with E-state index < -0.39 is 29.3 Å². The van der Waals surface area contributed by atoms with Gasteiger partial charge in [-0.1, -0.05) is 19.9 Å². The fourth-order valence-electron chi connectivity index (χ4n) is 8.37. The Kier molecular flexibility index (Phi) is 9.57. The lowest BCUT2D eigenvalue weighted by Crippen LogP contribution is -2.65. The Morgan fingerprint density at radius 2 is 1.75 bits per heavy atom. The van der Waals surface area contributed by atoms with E-state index in [0.29, 0.717) is 47.4 Å². The van der Waals surface area contributed by atoms with Crippen LogP contribution in [0.1, 0.15) is 114 Å². The van der Waals surface area contributed by atoms with Gasteiger partial charge in [-0.2, -0.15) is 0 Å². The molecule has 1 aromatic carbocycles. The molecule has 7 rings (SSSR count). The number of imidazole rings is 1. The van der Waals surface area contributed by atoms with Gasteiger partial charge in [0, 0.05) is 0 Å². The summed E-state index contributed by atoms with van der Waals surface area (Å²) in [6.45, 7) is 21.9. The van der Waals surface area contributed by atoms with Crippen LogP contribution in [0.4, 0.5) is 4.79 Å². The predicted molar refractivity (Wildman–Crippen MR) is 191 cm³/mol. The molecule has 3 heterocycles. The minimum Gasteiger partial charge on any atom is -0.486 e. The lowest BCUT2D eigenvalue weighted by Gasteiger charge is -2.64. The second-order valence-corrected chi connectivity index (χ2v) is 17.6. The van der Waals surface area contributed by atoms with E-state index in [4.69, 9.17) is 23.5 Å². The predicted octanol–water partition coefficient (Wildman–Crippen LogP) is 6.11. The summed E-state index contributed by atoms with van der Waals surface area (Å²) in [5, 5.41) is 2.69. The largest absolute Gasteiger partial charge is 0.486 e. The monoisotopic (exact) mass is 706 g/mol. The van der Waals surface area contributed by atoms with Crippen LogP contribution in [0.25, 0.3) is 0 Å². The molecule has 3 saturated carbocycles. The Bertz CT molecular complexity index is 1670. The van der Waals surface area contributed by atoms with Crippen molar-refractivity contribution in [1.29, 1.82) is 0 Å². The fraction of sp³-hybridized carbons (Fsp3) is 0.684. The summed E-state index contributed by atoms with van der Waals surface area (Å²) < 4.78 is 30.8. The maximum atomic E-state index is 13.7. The first-order chi connectivity index (χ1) is 23.6. The van der Waals surface area contributed by atoms with Crippen LogP contribution < -0.4 is 10.1 Å². The number of amides is 2. The number of esters is 1. The summed E-state index contributed by atoms with van der Waals surface area (Å²) in [6.07, 6.45) is 4.15. The van der Waals surface area contributed by atoms with Crippen LogP contribution in [0, 0.1) is 31.1 Å². The molecule has 2 saturated heterocycles. The quantitative estimate of drug-likeness (QED) is 0.234. The van der Waals surface area contributed by atoms with E-state index in [9.17, 15) is 14.4 Å². The molecule has 0 radical (unpaired) electrons. The van der Waals surface area contributed by atoms with Crippen molar-refractivity contribution >= 4 is 25.1 Å². The van der Waals surface area contributed by atoms with Gasteiger partial charge in [-0.05, 0) is 122 Å². The number of rotatable bonds is 9. The molecule has 12 nitrogen and oxygen atoms in total. The molecule has 2 bridgehead atoms. The van der Waals surface area contributed by atoms with Crippen molar-refractivity contribution in [3.8, 4) is 5.75 Å². The molecule has 5 atom stereocenters. The van der Waals surface area contributed by atoms with Crippen molar-refractivity contribution in [2.24, 2.45) is 17.3 Å². The highest BCUT2D eigenvalue weighted by atomic mass is 16.7. The molecule has 2 amide bonds. The van der Waals surface area contributed by atoms with E-state index >= 15 is 0 Å². The second kappa shape index (κ2) is 13.1. The molecule has 2 aromatic rings. The van der Waals surface area contributed by atoms with Gasteiger partial charge in [-0.3, -0.25) is 4.79 Å². The van der Waals surface area contributed by atoms with Gasteiger partial charge in [0.2, 0.25) is 0 Å². The number of hydrogen-bond donors (Lipinski definition) is 2. The molecule has 13 heteroatoms. The fourth-order valence-corrected chi connectivity index (χ4v) is 8.37. The standard InChI is InChI=1S/C38H55BN4O8/c1-21-23(14-15-39-50-29-17-24-16-28(37(24,9)10)38(29,11)51-39)12-13-27(30(21)33(45)48-35(3,4)5)47-25-19-43(20-25)32(44)31(26-18-40-22(2)41-26)42-34(46)49-36(6,7)8/h12-13,18,24-25,28-29,31H,14-17,19-20H2,1-11H3,(H,40,41)(H,42,46)/t24-,28-,29+,31?,38-/m0/s1. The second-order valence-electron chi connectivity index (χ2n) is 17.6. The number of alkyl carbamates (subject to hydrolysis) is 1. The molecule has 1 unspecified atom stereocenters. The number of H-pyrrole nitrogens is 1. The Labute approximate surface area is 302 Å². The highest BCUT2D eigenvalue weighted by Gasteiger charge is 2.67. The maximum absolute atomic E-state index is 13.7. The highest BCUT2D eigenvalue weighted by Crippen LogP contribution is 2.65. The lowest BCUT2D eigenvalue weighted by atomic mass is 9.43. The van der Waals surface area contributed by atoms with Gasteiger partial charge in [0.1, 0.15) is 34.4 Å². The highest BCUT2D eigenvalue weighted by molar-refractivity contribution is 6.45. The average molecular weight is 707 g/mol. The average Bonchev–Trinajstić information content (AvgIpc) is 3.56. The SMILES string of the molecule is Cc1ncc(C(NC(=O)OC(C)(C)C)C(=O)N2CC(Oc3ccc(CCB4O[C@@H]5C[C@@H]6C[C@@H](C6(C)C)[C@]5(C)O4)c(C)c3C(=O)OC(C)(C)C)C2)[nH]1. The molecule has 278 valence electrons. The zero-order valence-electron chi connectivity index (χ0n) is 32.1. The van der Waals surface area contributed by atoms with Crippen LogP contribution in [0.3, 0.4) is 0 Å². The molecule has 1 aromatic heterocycles. The van der Waals surface area contributed by atoms with Crippen molar-refractivity contribution < 1.29 is 37.9 Å². The molecule has 3 aliphatic carbocycles. The van der Waals surface area contributed by atoms with E-state index in [2.05, 4.69) is 36.1 Å². The lowest BCUT2D eigenvalue weighted by molar-refractivity contribution is -0.199. The van der Waals surface area contributed by atoms with E-state index in [1.807, 2.05) is 39.8 Å². The number of aromatic amines is 1. The summed E-state index contributed by atoms with van der Waals surface area (Å²) in [7, 11) is -0.298. The Balaban J connectivity index is 1.13. The van der Waals surface area contributed by atoms with E-state index in [1.54, 1.807) is 32.6 Å². The number of carbonyl (C=O) groups excluding carboxylic acids is 3. The molecule has 2 N–H and O–H groups in total. The van der Waals surface area contributed by atoms with Crippen LogP contribution in [-0.4, -0.2) is 82.1 Å². The van der Waals surface area contributed by atoms with E-state index in [1.165, 1.54) is 12.6 Å². The Morgan fingerprint density at radius 1 is 1.06 bits per heavy atom. The number of aromatic nitrogens is 2. The zero-order chi connectivity index (χ0) is 37.3. The smallest absolute Gasteiger partial charge is 0.457 e. The molecular weight excluding hydrogens is 651 g/mol. The van der Waals surface area contributed by atoms with Gasteiger partial charge in [0.15, 0.2) is 6.04 Å². The van der Waals surface area contributed by atoms with Crippen molar-refractivity contribution in [3.63, 3.8) is 0 Å². The van der Waals surface area contributed by atoms with Crippen molar-refractivity contribution in [1.82, 2.24) is 20.2 Å². The third-order valence-electron chi connectivity index (χ3n) is 11.2. The number of benzene rings is 1. The van der Waals surface area contributed by atoms with E-state index in [-0.39, 0.29) is 49.3 Å². The summed E-state index contributed by atoms with van der Waals surface area (Å²) in [4.78, 5) is 48.8. The van der Waals surface area contributed by atoms with Crippen LogP contribution in [0.2, 0.25) is 6.32 Å². The summed E-state index contributed by atoms with van der Waals surface area (Å²) in [5.41, 5.74) is 1.19. The normalized spacial score (nSPS) is 26.1. The number of carbonyl (C=O) groups is 3. The van der Waals surface area contributed by atoms with Crippen molar-refractivity contribution in [2.45, 2.75) is 137 Å².